The van der Waals surface area contributed by atoms with Crippen LogP contribution in [0.5, 0.6) is 0 Å². The van der Waals surface area contributed by atoms with Gasteiger partial charge in [0.2, 0.25) is 0 Å². The Morgan fingerprint density at radius 3 is 2.56 bits per heavy atom. The van der Waals surface area contributed by atoms with Crippen LogP contribution >= 0.6 is 15.9 Å². The molecule has 0 atom stereocenters. The minimum atomic E-state index is -0.102. The Labute approximate surface area is 102 Å². The highest BCUT2D eigenvalue weighted by atomic mass is 79.9. The summed E-state index contributed by atoms with van der Waals surface area (Å²) in [7, 11) is 1.66. The van der Waals surface area contributed by atoms with E-state index in [-0.39, 0.29) is 5.56 Å². The third-order valence-electron chi connectivity index (χ3n) is 2.46. The van der Waals surface area contributed by atoms with Crippen LogP contribution in [0.4, 0.5) is 5.82 Å². The average molecular weight is 279 g/mol. The molecule has 0 aliphatic rings. The van der Waals surface area contributed by atoms with Crippen LogP contribution in [-0.2, 0) is 7.05 Å². The van der Waals surface area contributed by atoms with Crippen molar-refractivity contribution in [2.24, 2.45) is 7.05 Å². The molecular weight excluding hydrogens is 268 g/mol. The molecule has 16 heavy (non-hydrogen) atoms. The number of hydrogen-bond donors (Lipinski definition) is 1. The third-order valence-corrected chi connectivity index (χ3v) is 2.95. The maximum atomic E-state index is 11.6. The number of nitrogen functional groups attached to an aromatic ring is 1. The van der Waals surface area contributed by atoms with Crippen LogP contribution in [0.3, 0.4) is 0 Å². The van der Waals surface area contributed by atoms with Crippen molar-refractivity contribution < 1.29 is 0 Å². The predicted molar refractivity (Wildman–Crippen MR) is 69.2 cm³/mol. The van der Waals surface area contributed by atoms with Gasteiger partial charge in [-0.2, -0.15) is 0 Å². The lowest BCUT2D eigenvalue weighted by atomic mass is 10.1. The minimum absolute atomic E-state index is 0.102. The molecule has 0 aliphatic carbocycles. The van der Waals surface area contributed by atoms with Crippen LogP contribution in [0.2, 0.25) is 0 Å². The van der Waals surface area contributed by atoms with E-state index in [1.807, 2.05) is 24.3 Å². The minimum Gasteiger partial charge on any atom is -0.385 e. The van der Waals surface area contributed by atoms with Gasteiger partial charge in [-0.25, -0.2) is 0 Å². The molecule has 0 amide bonds. The van der Waals surface area contributed by atoms with Gasteiger partial charge in [-0.05, 0) is 29.3 Å². The van der Waals surface area contributed by atoms with Crippen LogP contribution in [0, 0.1) is 0 Å². The molecule has 4 heteroatoms. The summed E-state index contributed by atoms with van der Waals surface area (Å²) in [4.78, 5) is 11.6. The molecule has 1 heterocycles. The Bertz CT molecular complexity index is 590. The van der Waals surface area contributed by atoms with Gasteiger partial charge in [0.1, 0.15) is 5.82 Å². The Kier molecular flexibility index (Phi) is 2.83. The van der Waals surface area contributed by atoms with E-state index in [2.05, 4.69) is 15.9 Å². The van der Waals surface area contributed by atoms with Gasteiger partial charge in [-0.1, -0.05) is 28.1 Å². The Morgan fingerprint density at radius 2 is 1.94 bits per heavy atom. The predicted octanol–water partition coefficient (Wildman–Crippen LogP) is 2.40. The highest BCUT2D eigenvalue weighted by Crippen LogP contribution is 2.22. The molecule has 0 saturated heterocycles. The van der Waals surface area contributed by atoms with E-state index in [1.165, 1.54) is 4.57 Å². The summed E-state index contributed by atoms with van der Waals surface area (Å²) in [5.41, 5.74) is 7.45. The molecule has 0 saturated carbocycles. The lowest BCUT2D eigenvalue weighted by molar-refractivity contribution is 0.876. The summed E-state index contributed by atoms with van der Waals surface area (Å²) < 4.78 is 2.39. The molecule has 82 valence electrons. The number of benzene rings is 1. The van der Waals surface area contributed by atoms with Crippen LogP contribution < -0.4 is 11.3 Å². The number of hydrogen-bond acceptors (Lipinski definition) is 2. The van der Waals surface area contributed by atoms with Crippen molar-refractivity contribution in [3.05, 3.63) is 51.2 Å². The van der Waals surface area contributed by atoms with E-state index >= 15 is 0 Å². The maximum Gasteiger partial charge on any atom is 0.252 e. The van der Waals surface area contributed by atoms with E-state index in [1.54, 1.807) is 19.2 Å². The zero-order chi connectivity index (χ0) is 11.7. The van der Waals surface area contributed by atoms with E-state index in [9.17, 15) is 4.79 Å². The molecule has 0 fully saturated rings. The summed E-state index contributed by atoms with van der Waals surface area (Å²) in [5, 5.41) is 0. The standard InChI is InChI=1S/C12H11BrN2O/c1-15-11(14)6-9(7-12(15)16)8-3-2-4-10(13)5-8/h2-7H,14H2,1H3. The second-order valence-electron chi connectivity index (χ2n) is 3.58. The normalized spacial score (nSPS) is 10.4. The molecule has 1 aromatic heterocycles. The number of pyridine rings is 1. The first-order valence-electron chi connectivity index (χ1n) is 4.80. The number of nitrogens with zero attached hydrogens (tertiary/aromatic N) is 1. The molecule has 3 nitrogen and oxygen atoms in total. The van der Waals surface area contributed by atoms with Crippen molar-refractivity contribution in [1.29, 1.82) is 0 Å². The van der Waals surface area contributed by atoms with Crippen LogP contribution in [0.15, 0.2) is 45.7 Å². The van der Waals surface area contributed by atoms with Gasteiger partial charge in [-0.15, -0.1) is 0 Å². The number of nitrogens with two attached hydrogens (primary N) is 1. The zero-order valence-electron chi connectivity index (χ0n) is 8.77. The fourth-order valence-corrected chi connectivity index (χ4v) is 1.89. The van der Waals surface area contributed by atoms with Crippen molar-refractivity contribution >= 4 is 21.7 Å². The van der Waals surface area contributed by atoms with Gasteiger partial charge in [0, 0.05) is 17.6 Å². The molecule has 0 radical (unpaired) electrons. The molecule has 2 rings (SSSR count). The summed E-state index contributed by atoms with van der Waals surface area (Å²) in [6.07, 6.45) is 0. The Morgan fingerprint density at radius 1 is 1.19 bits per heavy atom. The van der Waals surface area contributed by atoms with Crippen molar-refractivity contribution in [3.8, 4) is 11.1 Å². The van der Waals surface area contributed by atoms with Gasteiger partial charge < -0.3 is 5.73 Å². The molecule has 2 N–H and O–H groups in total. The molecule has 0 spiro atoms. The fraction of sp³-hybridized carbons (Fsp3) is 0.0833. The maximum absolute atomic E-state index is 11.6. The zero-order valence-corrected chi connectivity index (χ0v) is 10.4. The van der Waals surface area contributed by atoms with Gasteiger partial charge in [0.25, 0.3) is 5.56 Å². The van der Waals surface area contributed by atoms with Crippen molar-refractivity contribution in [1.82, 2.24) is 4.57 Å². The van der Waals surface area contributed by atoms with E-state index in [4.69, 9.17) is 5.73 Å². The van der Waals surface area contributed by atoms with Crippen LogP contribution in [0.25, 0.3) is 11.1 Å². The lowest BCUT2D eigenvalue weighted by Gasteiger charge is -2.06. The second-order valence-corrected chi connectivity index (χ2v) is 4.49. The smallest absolute Gasteiger partial charge is 0.252 e. The van der Waals surface area contributed by atoms with Gasteiger partial charge in [0.15, 0.2) is 0 Å². The van der Waals surface area contributed by atoms with Crippen LogP contribution in [-0.4, -0.2) is 4.57 Å². The van der Waals surface area contributed by atoms with Crippen molar-refractivity contribution in [2.45, 2.75) is 0 Å². The SMILES string of the molecule is Cn1c(N)cc(-c2cccc(Br)c2)cc1=O. The molecule has 2 aromatic rings. The highest BCUT2D eigenvalue weighted by molar-refractivity contribution is 9.10. The first-order valence-corrected chi connectivity index (χ1v) is 5.60. The Hall–Kier alpha value is -1.55. The van der Waals surface area contributed by atoms with Gasteiger partial charge in [-0.3, -0.25) is 9.36 Å². The van der Waals surface area contributed by atoms with E-state index < -0.39 is 0 Å². The van der Waals surface area contributed by atoms with Crippen LogP contribution in [0.1, 0.15) is 0 Å². The largest absolute Gasteiger partial charge is 0.385 e. The summed E-state index contributed by atoms with van der Waals surface area (Å²) >= 11 is 3.40. The number of anilines is 1. The summed E-state index contributed by atoms with van der Waals surface area (Å²) in [6, 6.07) is 11.1. The number of rotatable bonds is 1. The molecule has 0 aliphatic heterocycles. The summed E-state index contributed by atoms with van der Waals surface area (Å²) in [6.45, 7) is 0. The highest BCUT2D eigenvalue weighted by Gasteiger charge is 2.03. The average Bonchev–Trinajstić information content (AvgIpc) is 2.25. The first-order chi connectivity index (χ1) is 7.58. The van der Waals surface area contributed by atoms with E-state index in [0.717, 1.165) is 15.6 Å². The third kappa shape index (κ3) is 2.02. The topological polar surface area (TPSA) is 48.0 Å². The van der Waals surface area contributed by atoms with Gasteiger partial charge in [0.05, 0.1) is 0 Å². The summed E-state index contributed by atoms with van der Waals surface area (Å²) in [5.74, 6) is 0.461. The first kappa shape index (κ1) is 11.0. The van der Waals surface area contributed by atoms with Crippen molar-refractivity contribution in [3.63, 3.8) is 0 Å². The molecule has 1 aromatic carbocycles. The number of halogens is 1. The quantitative estimate of drug-likeness (QED) is 0.871. The Balaban J connectivity index is 2.61. The second kappa shape index (κ2) is 4.14. The lowest BCUT2D eigenvalue weighted by Crippen LogP contribution is -2.18. The fourth-order valence-electron chi connectivity index (χ4n) is 1.49. The monoisotopic (exact) mass is 278 g/mol. The van der Waals surface area contributed by atoms with Gasteiger partial charge >= 0.3 is 0 Å². The molecule has 0 bridgehead atoms. The number of aromatic nitrogens is 1. The molecular formula is C12H11BrN2O. The molecule has 0 unspecified atom stereocenters. The van der Waals surface area contributed by atoms with E-state index in [0.29, 0.717) is 5.82 Å². The van der Waals surface area contributed by atoms with Crippen molar-refractivity contribution in [2.75, 3.05) is 5.73 Å².